The van der Waals surface area contributed by atoms with Crippen LogP contribution in [0.5, 0.6) is 0 Å². The minimum atomic E-state index is -4.70. The monoisotopic (exact) mass is 434 g/mol. The molecule has 5 rings (SSSR count). The third kappa shape index (κ3) is 3.43. The number of hydrogen-bond acceptors (Lipinski definition) is 5. The number of fused-ring (bicyclic) bond motifs is 3. The number of pyridine rings is 1. The number of hydrogen-bond donors (Lipinski definition) is 0. The lowest BCUT2D eigenvalue weighted by atomic mass is 10.1. The number of rotatable bonds is 3. The van der Waals surface area contributed by atoms with E-state index in [9.17, 15) is 18.0 Å². The third-order valence-corrected chi connectivity index (χ3v) is 4.84. The molecule has 0 atom stereocenters. The second-order valence-corrected chi connectivity index (χ2v) is 6.93. The molecule has 3 aromatic heterocycles. The summed E-state index contributed by atoms with van der Waals surface area (Å²) < 4.78 is 48.1. The largest absolute Gasteiger partial charge is 0.430 e. The molecule has 0 aliphatic heterocycles. The van der Waals surface area contributed by atoms with Crippen LogP contribution >= 0.6 is 0 Å². The summed E-state index contributed by atoms with van der Waals surface area (Å²) >= 11 is 0. The molecule has 158 valence electrons. The van der Waals surface area contributed by atoms with Crippen LogP contribution in [0.1, 0.15) is 11.1 Å². The van der Waals surface area contributed by atoms with Gasteiger partial charge in [-0.3, -0.25) is 4.79 Å². The summed E-state index contributed by atoms with van der Waals surface area (Å²) in [6.45, 7) is 0. The zero-order chi connectivity index (χ0) is 22.3. The van der Waals surface area contributed by atoms with Crippen LogP contribution in [0.3, 0.4) is 0 Å². The van der Waals surface area contributed by atoms with Gasteiger partial charge in [0, 0.05) is 5.56 Å². The molecule has 0 saturated carbocycles. The van der Waals surface area contributed by atoms with E-state index in [0.717, 1.165) is 22.6 Å². The maximum Gasteiger partial charge on any atom is 0.417 e. The van der Waals surface area contributed by atoms with E-state index in [1.165, 1.54) is 6.21 Å². The minimum Gasteiger partial charge on any atom is -0.430 e. The van der Waals surface area contributed by atoms with E-state index in [2.05, 4.69) is 15.1 Å². The first kappa shape index (κ1) is 19.7. The summed E-state index contributed by atoms with van der Waals surface area (Å²) in [4.78, 5) is 21.1. The van der Waals surface area contributed by atoms with Gasteiger partial charge < -0.3 is 4.42 Å². The van der Waals surface area contributed by atoms with E-state index in [-0.39, 0.29) is 27.9 Å². The summed E-state index contributed by atoms with van der Waals surface area (Å²) in [6, 6.07) is 18.4. The van der Waals surface area contributed by atoms with Crippen LogP contribution in [0.2, 0.25) is 0 Å². The van der Waals surface area contributed by atoms with E-state index >= 15 is 0 Å². The maximum absolute atomic E-state index is 13.9. The SMILES string of the molecule is O=c1c2oc3nc(-c4ccccc4)cc(C(F)(F)F)c3c2ncn1/N=C/c1ccccc1. The highest BCUT2D eigenvalue weighted by Gasteiger charge is 2.36. The smallest absolute Gasteiger partial charge is 0.417 e. The van der Waals surface area contributed by atoms with Crippen molar-refractivity contribution in [3.63, 3.8) is 0 Å². The number of nitrogens with zero attached hydrogens (tertiary/aromatic N) is 4. The predicted octanol–water partition coefficient (Wildman–Crippen LogP) is 5.11. The highest BCUT2D eigenvalue weighted by atomic mass is 19.4. The van der Waals surface area contributed by atoms with Gasteiger partial charge in [-0.05, 0) is 11.6 Å². The van der Waals surface area contributed by atoms with Crippen LogP contribution < -0.4 is 5.56 Å². The van der Waals surface area contributed by atoms with E-state index in [0.29, 0.717) is 5.56 Å². The molecule has 6 nitrogen and oxygen atoms in total. The van der Waals surface area contributed by atoms with E-state index < -0.39 is 17.3 Å². The normalized spacial score (nSPS) is 12.2. The summed E-state index contributed by atoms with van der Waals surface area (Å²) in [7, 11) is 0. The minimum absolute atomic E-state index is 0.0758. The second kappa shape index (κ2) is 7.45. The Kier molecular flexibility index (Phi) is 4.58. The van der Waals surface area contributed by atoms with Crippen molar-refractivity contribution in [3.8, 4) is 11.3 Å². The third-order valence-electron chi connectivity index (χ3n) is 4.84. The first-order chi connectivity index (χ1) is 15.4. The highest BCUT2D eigenvalue weighted by Crippen LogP contribution is 2.39. The van der Waals surface area contributed by atoms with Gasteiger partial charge in [-0.15, -0.1) is 0 Å². The molecule has 0 unspecified atom stereocenters. The van der Waals surface area contributed by atoms with Crippen molar-refractivity contribution in [2.75, 3.05) is 0 Å². The van der Waals surface area contributed by atoms with Crippen molar-refractivity contribution in [1.29, 1.82) is 0 Å². The van der Waals surface area contributed by atoms with Gasteiger partial charge in [-0.1, -0.05) is 60.7 Å². The molecule has 0 fully saturated rings. The lowest BCUT2D eigenvalue weighted by Gasteiger charge is -2.10. The Morgan fingerprint density at radius 3 is 2.38 bits per heavy atom. The maximum atomic E-state index is 13.9. The topological polar surface area (TPSA) is 73.3 Å². The zero-order valence-corrected chi connectivity index (χ0v) is 16.2. The van der Waals surface area contributed by atoms with E-state index in [1.807, 2.05) is 6.07 Å². The van der Waals surface area contributed by atoms with Crippen molar-refractivity contribution in [1.82, 2.24) is 14.6 Å². The molecule has 32 heavy (non-hydrogen) atoms. The summed E-state index contributed by atoms with van der Waals surface area (Å²) in [5.41, 5.74) is -1.30. The van der Waals surface area contributed by atoms with Crippen LogP contribution in [-0.4, -0.2) is 20.9 Å². The number of aromatic nitrogens is 3. The Hall–Kier alpha value is -4.27. The Labute approximate surface area is 178 Å². The van der Waals surface area contributed by atoms with Crippen LogP contribution in [0.25, 0.3) is 33.5 Å². The molecule has 5 aromatic rings. The van der Waals surface area contributed by atoms with Crippen molar-refractivity contribution >= 4 is 28.4 Å². The molecule has 0 spiro atoms. The van der Waals surface area contributed by atoms with Crippen molar-refractivity contribution in [2.45, 2.75) is 6.18 Å². The Morgan fingerprint density at radius 1 is 1.00 bits per heavy atom. The molecule has 0 saturated heterocycles. The van der Waals surface area contributed by atoms with Gasteiger partial charge in [0.1, 0.15) is 11.8 Å². The van der Waals surface area contributed by atoms with Gasteiger partial charge in [0.2, 0.25) is 11.3 Å². The fraction of sp³-hybridized carbons (Fsp3) is 0.0435. The molecule has 0 aliphatic rings. The molecular weight excluding hydrogens is 421 g/mol. The van der Waals surface area contributed by atoms with Crippen molar-refractivity contribution in [2.24, 2.45) is 5.10 Å². The summed E-state index contributed by atoms with van der Waals surface area (Å²) in [6.07, 6.45) is -2.21. The molecule has 9 heteroatoms. The number of benzene rings is 2. The van der Waals surface area contributed by atoms with E-state index in [1.54, 1.807) is 54.6 Å². The van der Waals surface area contributed by atoms with Gasteiger partial charge in [0.25, 0.3) is 0 Å². The average molecular weight is 434 g/mol. The average Bonchev–Trinajstić information content (AvgIpc) is 3.18. The fourth-order valence-electron chi connectivity index (χ4n) is 3.35. The molecule has 0 aliphatic carbocycles. The van der Waals surface area contributed by atoms with E-state index in [4.69, 9.17) is 4.42 Å². The molecule has 0 bridgehead atoms. The van der Waals surface area contributed by atoms with Gasteiger partial charge in [0.15, 0.2) is 0 Å². The quantitative estimate of drug-likeness (QED) is 0.370. The fourth-order valence-corrected chi connectivity index (χ4v) is 3.35. The Bertz CT molecular complexity index is 1520. The van der Waals surface area contributed by atoms with Crippen LogP contribution in [-0.2, 0) is 6.18 Å². The predicted molar refractivity (Wildman–Crippen MR) is 113 cm³/mol. The lowest BCUT2D eigenvalue weighted by Crippen LogP contribution is -2.16. The number of alkyl halides is 3. The number of halogens is 3. The highest BCUT2D eigenvalue weighted by molar-refractivity contribution is 6.03. The second-order valence-electron chi connectivity index (χ2n) is 6.93. The van der Waals surface area contributed by atoms with Gasteiger partial charge in [-0.25, -0.2) is 9.97 Å². The van der Waals surface area contributed by atoms with Crippen molar-refractivity contribution < 1.29 is 17.6 Å². The van der Waals surface area contributed by atoms with Gasteiger partial charge in [-0.2, -0.15) is 22.9 Å². The molecule has 0 amide bonds. The Morgan fingerprint density at radius 2 is 1.69 bits per heavy atom. The molecule has 0 radical (unpaired) electrons. The first-order valence-electron chi connectivity index (χ1n) is 9.49. The van der Waals surface area contributed by atoms with Gasteiger partial charge in [0.05, 0.1) is 22.9 Å². The lowest BCUT2D eigenvalue weighted by molar-refractivity contribution is -0.136. The molecule has 0 N–H and O–H groups in total. The summed E-state index contributed by atoms with van der Waals surface area (Å²) in [5, 5.41) is 3.69. The van der Waals surface area contributed by atoms with Gasteiger partial charge >= 0.3 is 11.7 Å². The van der Waals surface area contributed by atoms with Crippen molar-refractivity contribution in [3.05, 3.63) is 94.5 Å². The first-order valence-corrected chi connectivity index (χ1v) is 9.49. The number of furan rings is 1. The molecule has 3 heterocycles. The standard InChI is InChI=1S/C23H13F3N4O2/c24-23(25,26)16-11-17(15-9-5-2-6-10-15)29-21-18(16)19-20(32-21)22(31)30(13-27-19)28-12-14-7-3-1-4-8-14/h1-13H/b28-12+. The van der Waals surface area contributed by atoms with Crippen LogP contribution in [0.15, 0.2) is 87.4 Å². The molecular formula is C23H13F3N4O2. The van der Waals surface area contributed by atoms with Crippen LogP contribution in [0, 0.1) is 0 Å². The Balaban J connectivity index is 1.73. The zero-order valence-electron chi connectivity index (χ0n) is 16.2. The summed E-state index contributed by atoms with van der Waals surface area (Å²) in [5.74, 6) is 0. The van der Waals surface area contributed by atoms with Crippen LogP contribution in [0.4, 0.5) is 13.2 Å². The molecule has 2 aromatic carbocycles.